The first kappa shape index (κ1) is 32.5. The molecule has 0 radical (unpaired) electrons. The molecule has 3 saturated heterocycles. The fourth-order valence-electron chi connectivity index (χ4n) is 7.36. The highest BCUT2D eigenvalue weighted by atomic mass is 19.1. The van der Waals surface area contributed by atoms with Gasteiger partial charge in [-0.2, -0.15) is 0 Å². The van der Waals surface area contributed by atoms with Crippen LogP contribution in [0.3, 0.4) is 0 Å². The Bertz CT molecular complexity index is 1430. The van der Waals surface area contributed by atoms with E-state index in [0.717, 1.165) is 108 Å². The summed E-state index contributed by atoms with van der Waals surface area (Å²) in [5, 5.41) is 18.3. The molecule has 11 nitrogen and oxygen atoms in total. The lowest BCUT2D eigenvalue weighted by Gasteiger charge is -2.43. The van der Waals surface area contributed by atoms with Crippen LogP contribution in [-0.4, -0.2) is 119 Å². The minimum absolute atomic E-state index is 0.0735. The molecule has 6 rings (SSSR count). The molecule has 3 fully saturated rings. The zero-order valence-corrected chi connectivity index (χ0v) is 27.2. The van der Waals surface area contributed by atoms with E-state index in [0.29, 0.717) is 17.7 Å². The second kappa shape index (κ2) is 15.4. The summed E-state index contributed by atoms with van der Waals surface area (Å²) in [5.74, 6) is 1.33. The Hall–Kier alpha value is -3.45. The largest absolute Gasteiger partial charge is 0.379 e. The van der Waals surface area contributed by atoms with E-state index < -0.39 is 0 Å². The van der Waals surface area contributed by atoms with Crippen LogP contribution < -0.4 is 10.6 Å². The summed E-state index contributed by atoms with van der Waals surface area (Å²) in [5.41, 5.74) is 3.79. The molecule has 4 heterocycles. The zero-order valence-electron chi connectivity index (χ0n) is 27.2. The lowest BCUT2D eigenvalue weighted by atomic mass is 9.88. The van der Waals surface area contributed by atoms with Crippen molar-refractivity contribution in [2.45, 2.75) is 38.6 Å². The molecule has 2 aromatic carbocycles. The van der Waals surface area contributed by atoms with E-state index in [1.165, 1.54) is 12.0 Å². The summed E-state index contributed by atoms with van der Waals surface area (Å²) in [6.45, 7) is 12.7. The quantitative estimate of drug-likeness (QED) is 0.350. The Balaban J connectivity index is 1.10. The molecule has 3 atom stereocenters. The molecule has 248 valence electrons. The summed E-state index contributed by atoms with van der Waals surface area (Å²) in [4.78, 5) is 21.1. The molecule has 12 heteroatoms. The van der Waals surface area contributed by atoms with Crippen molar-refractivity contribution < 1.29 is 13.9 Å². The second-order valence-corrected chi connectivity index (χ2v) is 13.3. The minimum Gasteiger partial charge on any atom is -0.379 e. The number of rotatable bonds is 10. The average molecular weight is 634 g/mol. The molecule has 3 aliphatic heterocycles. The van der Waals surface area contributed by atoms with Crippen LogP contribution in [0.15, 0.2) is 42.5 Å². The van der Waals surface area contributed by atoms with Crippen molar-refractivity contribution in [3.05, 3.63) is 59.4 Å². The number of tetrazole rings is 1. The maximum absolute atomic E-state index is 13.5. The number of likely N-dealkylation sites (tertiary alicyclic amines) is 2. The normalized spacial score (nSPS) is 23.3. The number of amides is 2. The molecular weight excluding hydrogens is 585 g/mol. The van der Waals surface area contributed by atoms with E-state index in [1.54, 1.807) is 23.9 Å². The SMILES string of the molecule is Cc1cc(NC(=O)N[C@@H]2CCN(CCN3CCOCC3)C[C@H]2CN2CCCC(Cc3ccc(F)cc3)C2)cc(-c2nnnn2C)c1. The molecule has 2 N–H and O–H groups in total. The molecule has 0 bridgehead atoms. The number of ether oxygens (including phenoxy) is 1. The predicted molar refractivity (Wildman–Crippen MR) is 176 cm³/mol. The van der Waals surface area contributed by atoms with Crippen LogP contribution >= 0.6 is 0 Å². The van der Waals surface area contributed by atoms with Crippen molar-refractivity contribution >= 4 is 11.7 Å². The van der Waals surface area contributed by atoms with Crippen molar-refractivity contribution in [1.29, 1.82) is 0 Å². The number of aryl methyl sites for hydroxylation is 2. The van der Waals surface area contributed by atoms with Gasteiger partial charge in [0.15, 0.2) is 5.82 Å². The van der Waals surface area contributed by atoms with Gasteiger partial charge in [0.25, 0.3) is 0 Å². The van der Waals surface area contributed by atoms with Crippen LogP contribution in [0, 0.1) is 24.6 Å². The van der Waals surface area contributed by atoms with Crippen LogP contribution in [-0.2, 0) is 18.2 Å². The summed E-state index contributed by atoms with van der Waals surface area (Å²) >= 11 is 0. The third-order valence-electron chi connectivity index (χ3n) is 9.72. The minimum atomic E-state index is -0.183. The van der Waals surface area contributed by atoms with E-state index in [2.05, 4.69) is 40.9 Å². The van der Waals surface area contributed by atoms with Gasteiger partial charge >= 0.3 is 6.03 Å². The molecule has 1 aromatic heterocycles. The lowest BCUT2D eigenvalue weighted by molar-refractivity contribution is 0.0274. The summed E-state index contributed by atoms with van der Waals surface area (Å²) in [7, 11) is 1.80. The number of carbonyl (C=O) groups excluding carboxylic acids is 1. The molecule has 0 saturated carbocycles. The summed E-state index contributed by atoms with van der Waals surface area (Å²) < 4.78 is 20.6. The number of morpholine rings is 1. The fourth-order valence-corrected chi connectivity index (χ4v) is 7.36. The fraction of sp³-hybridized carbons (Fsp3) is 0.588. The van der Waals surface area contributed by atoms with Crippen LogP contribution in [0.25, 0.3) is 11.4 Å². The number of piperidine rings is 2. The maximum Gasteiger partial charge on any atom is 0.319 e. The van der Waals surface area contributed by atoms with Gasteiger partial charge in [-0.15, -0.1) is 5.10 Å². The molecule has 0 spiro atoms. The highest BCUT2D eigenvalue weighted by molar-refractivity contribution is 5.90. The molecular formula is C34H48FN9O2. The Kier molecular flexibility index (Phi) is 10.9. The molecule has 2 amide bonds. The molecule has 1 unspecified atom stereocenters. The summed E-state index contributed by atoms with van der Waals surface area (Å²) in [6, 6.07) is 12.8. The van der Waals surface area contributed by atoms with Gasteiger partial charge in [0.05, 0.1) is 13.2 Å². The van der Waals surface area contributed by atoms with Gasteiger partial charge < -0.3 is 25.2 Å². The number of anilines is 1. The Morgan fingerprint density at radius 1 is 0.978 bits per heavy atom. The Morgan fingerprint density at radius 3 is 2.57 bits per heavy atom. The van der Waals surface area contributed by atoms with Gasteiger partial charge in [-0.05, 0) is 97.0 Å². The van der Waals surface area contributed by atoms with Crippen molar-refractivity contribution in [2.75, 3.05) is 77.4 Å². The predicted octanol–water partition coefficient (Wildman–Crippen LogP) is 3.42. The number of carbonyl (C=O) groups is 1. The molecule has 3 aromatic rings. The van der Waals surface area contributed by atoms with Crippen LogP contribution in [0.5, 0.6) is 0 Å². The Morgan fingerprint density at radius 2 is 1.78 bits per heavy atom. The first-order valence-corrected chi connectivity index (χ1v) is 16.8. The first-order chi connectivity index (χ1) is 22.4. The monoisotopic (exact) mass is 633 g/mol. The number of nitrogens with one attached hydrogen (secondary N) is 2. The van der Waals surface area contributed by atoms with Gasteiger partial charge in [0.2, 0.25) is 0 Å². The lowest BCUT2D eigenvalue weighted by Crippen LogP contribution is -2.56. The smallest absolute Gasteiger partial charge is 0.319 e. The number of benzene rings is 2. The van der Waals surface area contributed by atoms with E-state index in [-0.39, 0.29) is 17.9 Å². The molecule has 46 heavy (non-hydrogen) atoms. The van der Waals surface area contributed by atoms with Gasteiger partial charge in [-0.3, -0.25) is 4.90 Å². The number of hydrogen-bond donors (Lipinski definition) is 2. The standard InChI is InChI=1S/C34H48FN9O2/c1-25-18-28(33-38-39-40-41(33)2)21-31(19-25)36-34(45)37-32-9-11-43(13-12-42-14-16-46-17-15-42)23-29(32)24-44-10-3-4-27(22-44)20-26-5-7-30(35)8-6-26/h5-8,18-19,21,27,29,32H,3-4,9-17,20,22-24H2,1-2H3,(H2,36,37,45)/t27?,29-,32+/m0/s1. The van der Waals surface area contributed by atoms with Crippen molar-refractivity contribution in [3.63, 3.8) is 0 Å². The third-order valence-corrected chi connectivity index (χ3v) is 9.72. The van der Waals surface area contributed by atoms with Gasteiger partial charge in [-0.25, -0.2) is 13.9 Å². The third kappa shape index (κ3) is 8.87. The number of aromatic nitrogens is 4. The van der Waals surface area contributed by atoms with Crippen molar-refractivity contribution in [1.82, 2.24) is 40.2 Å². The van der Waals surface area contributed by atoms with Crippen LogP contribution in [0.4, 0.5) is 14.9 Å². The Labute approximate surface area is 271 Å². The van der Waals surface area contributed by atoms with E-state index in [4.69, 9.17) is 4.74 Å². The van der Waals surface area contributed by atoms with Crippen molar-refractivity contribution in [3.8, 4) is 11.4 Å². The average Bonchev–Trinajstić information content (AvgIpc) is 3.48. The van der Waals surface area contributed by atoms with E-state index in [9.17, 15) is 9.18 Å². The second-order valence-electron chi connectivity index (χ2n) is 13.3. The van der Waals surface area contributed by atoms with Crippen molar-refractivity contribution in [2.24, 2.45) is 18.9 Å². The number of urea groups is 1. The van der Waals surface area contributed by atoms with Gasteiger partial charge in [0.1, 0.15) is 5.82 Å². The van der Waals surface area contributed by atoms with E-state index >= 15 is 0 Å². The van der Waals surface area contributed by atoms with E-state index in [1.807, 2.05) is 37.3 Å². The van der Waals surface area contributed by atoms with Crippen LogP contribution in [0.1, 0.15) is 30.4 Å². The first-order valence-electron chi connectivity index (χ1n) is 16.8. The van der Waals surface area contributed by atoms with Crippen LogP contribution in [0.2, 0.25) is 0 Å². The summed E-state index contributed by atoms with van der Waals surface area (Å²) in [6.07, 6.45) is 4.24. The molecule has 3 aliphatic rings. The number of halogens is 1. The highest BCUT2D eigenvalue weighted by Gasteiger charge is 2.33. The van der Waals surface area contributed by atoms with Gasteiger partial charge in [0, 0.05) is 82.6 Å². The topological polar surface area (TPSA) is 104 Å². The maximum atomic E-state index is 13.5. The van der Waals surface area contributed by atoms with Gasteiger partial charge in [-0.1, -0.05) is 12.1 Å². The number of hydrogen-bond acceptors (Lipinski definition) is 8. The zero-order chi connectivity index (χ0) is 31.9. The number of nitrogens with zero attached hydrogens (tertiary/aromatic N) is 7. The molecule has 0 aliphatic carbocycles. The highest BCUT2D eigenvalue weighted by Crippen LogP contribution is 2.26.